The maximum atomic E-state index is 12.7. The maximum Gasteiger partial charge on any atom is 0.416 e. The number of benzene rings is 1. The van der Waals surface area contributed by atoms with Gasteiger partial charge in [0, 0.05) is 17.0 Å². The zero-order chi connectivity index (χ0) is 15.6. The molecule has 4 nitrogen and oxygen atoms in total. The van der Waals surface area contributed by atoms with Crippen molar-refractivity contribution in [3.8, 4) is 0 Å². The molecule has 0 saturated heterocycles. The average molecular weight is 361 g/mol. The zero-order valence-electron chi connectivity index (χ0n) is 11.0. The Morgan fingerprint density at radius 1 is 1.24 bits per heavy atom. The van der Waals surface area contributed by atoms with Crippen LogP contribution in [0.25, 0.3) is 0 Å². The first kappa shape index (κ1) is 15.6. The molecule has 0 aliphatic rings. The molecule has 1 aromatic carbocycles. The number of nitrogens with zero attached hydrogens (tertiary/aromatic N) is 2. The molecule has 0 atom stereocenters. The summed E-state index contributed by atoms with van der Waals surface area (Å²) in [5, 5.41) is 2.82. The fourth-order valence-corrected chi connectivity index (χ4v) is 2.02. The predicted molar refractivity (Wildman–Crippen MR) is 78.2 cm³/mol. The van der Waals surface area contributed by atoms with Crippen molar-refractivity contribution in [2.75, 3.05) is 11.1 Å². The van der Waals surface area contributed by atoms with Gasteiger partial charge in [-0.05, 0) is 34.1 Å². The topological polar surface area (TPSA) is 63.8 Å². The van der Waals surface area contributed by atoms with E-state index in [1.54, 1.807) is 0 Å². The van der Waals surface area contributed by atoms with Crippen LogP contribution < -0.4 is 11.1 Å². The number of rotatable bonds is 3. The van der Waals surface area contributed by atoms with Gasteiger partial charge in [-0.2, -0.15) is 13.2 Å². The van der Waals surface area contributed by atoms with Gasteiger partial charge in [0.25, 0.3) is 0 Å². The normalized spacial score (nSPS) is 11.5. The molecular weight excluding hydrogens is 349 g/mol. The van der Waals surface area contributed by atoms with Crippen LogP contribution in [-0.2, 0) is 12.6 Å². The Hall–Kier alpha value is -1.83. The summed E-state index contributed by atoms with van der Waals surface area (Å²) in [6.07, 6.45) is -3.83. The number of alkyl halides is 3. The molecule has 0 radical (unpaired) electrons. The van der Waals surface area contributed by atoms with Gasteiger partial charge < -0.3 is 11.1 Å². The Balaban J connectivity index is 2.37. The molecule has 0 amide bonds. The number of hydrogen-bond donors (Lipinski definition) is 2. The third-order valence-electron chi connectivity index (χ3n) is 2.66. The van der Waals surface area contributed by atoms with E-state index >= 15 is 0 Å². The first-order chi connectivity index (χ1) is 9.79. The summed E-state index contributed by atoms with van der Waals surface area (Å²) in [4.78, 5) is 8.18. The quantitative estimate of drug-likeness (QED) is 0.862. The van der Waals surface area contributed by atoms with Gasteiger partial charge in [0.2, 0.25) is 0 Å². The second-order valence-corrected chi connectivity index (χ2v) is 5.12. The van der Waals surface area contributed by atoms with Crippen molar-refractivity contribution in [3.05, 3.63) is 40.1 Å². The summed E-state index contributed by atoms with van der Waals surface area (Å²) in [5.41, 5.74) is 5.15. The molecule has 2 aromatic rings. The van der Waals surface area contributed by atoms with Crippen LogP contribution in [0.15, 0.2) is 28.7 Å². The van der Waals surface area contributed by atoms with E-state index in [1.165, 1.54) is 12.1 Å². The third kappa shape index (κ3) is 3.84. The van der Waals surface area contributed by atoms with Crippen molar-refractivity contribution < 1.29 is 13.2 Å². The smallest absolute Gasteiger partial charge is 0.384 e. The van der Waals surface area contributed by atoms with Crippen molar-refractivity contribution in [1.82, 2.24) is 9.97 Å². The molecule has 0 saturated carbocycles. The highest BCUT2D eigenvalue weighted by Crippen LogP contribution is 2.34. The molecule has 21 heavy (non-hydrogen) atoms. The highest BCUT2D eigenvalue weighted by Gasteiger charge is 2.30. The second-order valence-electron chi connectivity index (χ2n) is 4.27. The largest absolute Gasteiger partial charge is 0.416 e. The molecule has 112 valence electrons. The average Bonchev–Trinajstić information content (AvgIpc) is 2.39. The van der Waals surface area contributed by atoms with Gasteiger partial charge in [0.1, 0.15) is 17.5 Å². The molecule has 8 heteroatoms. The van der Waals surface area contributed by atoms with Crippen LogP contribution in [0.4, 0.5) is 30.5 Å². The fraction of sp³-hybridized carbons (Fsp3) is 0.231. The van der Waals surface area contributed by atoms with Crippen LogP contribution in [0.2, 0.25) is 0 Å². The Kier molecular flexibility index (Phi) is 4.36. The minimum Gasteiger partial charge on any atom is -0.384 e. The highest BCUT2D eigenvalue weighted by molar-refractivity contribution is 9.10. The van der Waals surface area contributed by atoms with E-state index in [2.05, 4.69) is 31.2 Å². The van der Waals surface area contributed by atoms with Gasteiger partial charge in [-0.15, -0.1) is 0 Å². The van der Waals surface area contributed by atoms with E-state index in [1.807, 2.05) is 6.92 Å². The molecule has 0 unspecified atom stereocenters. The van der Waals surface area contributed by atoms with Crippen LogP contribution in [-0.4, -0.2) is 9.97 Å². The molecule has 0 spiro atoms. The van der Waals surface area contributed by atoms with Gasteiger partial charge in [-0.1, -0.05) is 6.92 Å². The SMILES string of the molecule is CCc1nc(N)cc(Nc2cc(C(F)(F)F)ccc2Br)n1. The lowest BCUT2D eigenvalue weighted by Gasteiger charge is -2.13. The second kappa shape index (κ2) is 5.88. The third-order valence-corrected chi connectivity index (χ3v) is 3.36. The lowest BCUT2D eigenvalue weighted by Crippen LogP contribution is -2.07. The van der Waals surface area contributed by atoms with Crippen LogP contribution in [0.3, 0.4) is 0 Å². The number of halogens is 4. The van der Waals surface area contributed by atoms with Crippen LogP contribution in [0, 0.1) is 0 Å². The van der Waals surface area contributed by atoms with Crippen LogP contribution >= 0.6 is 15.9 Å². The predicted octanol–water partition coefficient (Wildman–Crippen LogP) is 4.15. The summed E-state index contributed by atoms with van der Waals surface area (Å²) in [6.45, 7) is 1.86. The Morgan fingerprint density at radius 2 is 1.95 bits per heavy atom. The van der Waals surface area contributed by atoms with E-state index in [4.69, 9.17) is 5.73 Å². The molecule has 0 aliphatic carbocycles. The van der Waals surface area contributed by atoms with Crippen molar-refractivity contribution >= 4 is 33.3 Å². The lowest BCUT2D eigenvalue weighted by molar-refractivity contribution is -0.137. The zero-order valence-corrected chi connectivity index (χ0v) is 12.6. The number of anilines is 3. The van der Waals surface area contributed by atoms with E-state index in [-0.39, 0.29) is 11.5 Å². The summed E-state index contributed by atoms with van der Waals surface area (Å²) in [6, 6.07) is 4.80. The molecule has 1 heterocycles. The first-order valence-electron chi connectivity index (χ1n) is 6.07. The molecule has 0 fully saturated rings. The van der Waals surface area contributed by atoms with Crippen molar-refractivity contribution in [1.29, 1.82) is 0 Å². The lowest BCUT2D eigenvalue weighted by atomic mass is 10.2. The Morgan fingerprint density at radius 3 is 2.57 bits per heavy atom. The summed E-state index contributed by atoms with van der Waals surface area (Å²) in [7, 11) is 0. The van der Waals surface area contributed by atoms with E-state index in [0.717, 1.165) is 12.1 Å². The van der Waals surface area contributed by atoms with Gasteiger partial charge in [-0.3, -0.25) is 0 Å². The van der Waals surface area contributed by atoms with E-state index in [9.17, 15) is 13.2 Å². The monoisotopic (exact) mass is 360 g/mol. The maximum absolute atomic E-state index is 12.7. The van der Waals surface area contributed by atoms with E-state index in [0.29, 0.717) is 22.5 Å². The number of aromatic nitrogens is 2. The molecule has 3 N–H and O–H groups in total. The standard InChI is InChI=1S/C13H12BrF3N4/c1-2-11-20-10(18)6-12(21-11)19-9-5-7(13(15,16)17)3-4-8(9)14/h3-6H,2H2,1H3,(H3,18,19,20,21). The number of aryl methyl sites for hydroxylation is 1. The van der Waals surface area contributed by atoms with Crippen molar-refractivity contribution in [2.24, 2.45) is 0 Å². The van der Waals surface area contributed by atoms with Gasteiger partial charge in [-0.25, -0.2) is 9.97 Å². The molecular formula is C13H12BrF3N4. The number of nitrogens with one attached hydrogen (secondary N) is 1. The summed E-state index contributed by atoms with van der Waals surface area (Å²) in [5.74, 6) is 1.12. The van der Waals surface area contributed by atoms with Gasteiger partial charge >= 0.3 is 6.18 Å². The molecule has 1 aromatic heterocycles. The summed E-state index contributed by atoms with van der Waals surface area (Å²) < 4.78 is 38.7. The van der Waals surface area contributed by atoms with Gasteiger partial charge in [0.15, 0.2) is 0 Å². The fourth-order valence-electron chi connectivity index (χ4n) is 1.68. The number of nitrogen functional groups attached to an aromatic ring is 1. The molecule has 0 aliphatic heterocycles. The van der Waals surface area contributed by atoms with Crippen LogP contribution in [0.1, 0.15) is 18.3 Å². The van der Waals surface area contributed by atoms with E-state index < -0.39 is 11.7 Å². The van der Waals surface area contributed by atoms with Gasteiger partial charge in [0.05, 0.1) is 11.3 Å². The van der Waals surface area contributed by atoms with Crippen LogP contribution in [0.5, 0.6) is 0 Å². The molecule has 2 rings (SSSR count). The van der Waals surface area contributed by atoms with Crippen molar-refractivity contribution in [3.63, 3.8) is 0 Å². The molecule has 0 bridgehead atoms. The Labute approximate surface area is 127 Å². The number of nitrogens with two attached hydrogens (primary N) is 1. The Bertz CT molecular complexity index is 658. The minimum absolute atomic E-state index is 0.255. The number of hydrogen-bond acceptors (Lipinski definition) is 4. The first-order valence-corrected chi connectivity index (χ1v) is 6.86. The summed E-state index contributed by atoms with van der Waals surface area (Å²) >= 11 is 3.20. The highest BCUT2D eigenvalue weighted by atomic mass is 79.9. The van der Waals surface area contributed by atoms with Crippen molar-refractivity contribution in [2.45, 2.75) is 19.5 Å². The minimum atomic E-state index is -4.41.